The van der Waals surface area contributed by atoms with Gasteiger partial charge in [-0.25, -0.2) is 0 Å². The van der Waals surface area contributed by atoms with E-state index in [2.05, 4.69) is 12.6 Å². The van der Waals surface area contributed by atoms with Crippen molar-refractivity contribution in [2.24, 2.45) is 0 Å². The van der Waals surface area contributed by atoms with E-state index in [1.807, 2.05) is 0 Å². The Morgan fingerprint density at radius 3 is 2.73 bits per heavy atom. The van der Waals surface area contributed by atoms with E-state index in [1.165, 1.54) is 0 Å². The third kappa shape index (κ3) is 1.54. The molecule has 0 aliphatic heterocycles. The van der Waals surface area contributed by atoms with Crippen LogP contribution >= 0.6 is 24.2 Å². The van der Waals surface area contributed by atoms with Gasteiger partial charge in [0, 0.05) is 0 Å². The van der Waals surface area contributed by atoms with Crippen molar-refractivity contribution in [1.29, 1.82) is 0 Å². The van der Waals surface area contributed by atoms with Crippen molar-refractivity contribution in [2.75, 3.05) is 12.8 Å². The molecule has 1 aromatic carbocycles. The lowest BCUT2D eigenvalue weighted by Crippen LogP contribution is -1.92. The summed E-state index contributed by atoms with van der Waals surface area (Å²) in [5.74, 6) is 0.634. The summed E-state index contributed by atoms with van der Waals surface area (Å²) in [6.07, 6.45) is 0. The molecule has 60 valence electrons. The predicted molar refractivity (Wildman–Crippen MR) is 49.7 cm³/mol. The fourth-order valence-corrected chi connectivity index (χ4v) is 1.24. The van der Waals surface area contributed by atoms with Crippen LogP contribution in [-0.4, -0.2) is 7.11 Å². The van der Waals surface area contributed by atoms with Crippen molar-refractivity contribution in [3.63, 3.8) is 0 Å². The second-order valence-electron chi connectivity index (χ2n) is 2.01. The normalized spacial score (nSPS) is 9.73. The summed E-state index contributed by atoms with van der Waals surface area (Å²) in [5, 5.41) is 0.496. The molecule has 2 N–H and O–H groups in total. The van der Waals surface area contributed by atoms with E-state index in [-0.39, 0.29) is 0 Å². The number of nitrogen functional groups attached to an aromatic ring is 1. The molecule has 0 unspecified atom stereocenters. The van der Waals surface area contributed by atoms with Gasteiger partial charge in [-0.2, -0.15) is 0 Å². The molecule has 0 fully saturated rings. The molecule has 0 bridgehead atoms. The zero-order valence-corrected chi connectivity index (χ0v) is 7.62. The zero-order chi connectivity index (χ0) is 8.43. The number of hydrogen-bond acceptors (Lipinski definition) is 3. The molecule has 0 amide bonds. The highest BCUT2D eigenvalue weighted by molar-refractivity contribution is 7.80. The van der Waals surface area contributed by atoms with Gasteiger partial charge in [0.2, 0.25) is 0 Å². The number of nitrogens with two attached hydrogens (primary N) is 1. The van der Waals surface area contributed by atoms with Gasteiger partial charge in [-0.1, -0.05) is 11.6 Å². The number of ether oxygens (including phenoxy) is 1. The number of rotatable bonds is 1. The van der Waals surface area contributed by atoms with Crippen LogP contribution in [0.2, 0.25) is 5.02 Å². The van der Waals surface area contributed by atoms with Crippen LogP contribution in [0.25, 0.3) is 0 Å². The quantitative estimate of drug-likeness (QED) is 0.525. The van der Waals surface area contributed by atoms with E-state index in [1.54, 1.807) is 19.2 Å². The van der Waals surface area contributed by atoms with Crippen molar-refractivity contribution < 1.29 is 4.74 Å². The number of thiol groups is 1. The highest BCUT2D eigenvalue weighted by Crippen LogP contribution is 2.33. The van der Waals surface area contributed by atoms with E-state index >= 15 is 0 Å². The van der Waals surface area contributed by atoms with Gasteiger partial charge in [0.15, 0.2) is 0 Å². The monoisotopic (exact) mass is 189 g/mol. The Hall–Kier alpha value is -0.540. The Bertz CT molecular complexity index is 277. The third-order valence-corrected chi connectivity index (χ3v) is 2.14. The molecule has 0 aliphatic rings. The molecule has 1 aromatic rings. The van der Waals surface area contributed by atoms with E-state index in [0.717, 1.165) is 0 Å². The summed E-state index contributed by atoms with van der Waals surface area (Å²) in [6.45, 7) is 0. The maximum atomic E-state index is 5.71. The van der Waals surface area contributed by atoms with Crippen LogP contribution < -0.4 is 10.5 Å². The Balaban J connectivity index is 3.25. The molecule has 0 saturated heterocycles. The molecule has 0 atom stereocenters. The molecule has 0 saturated carbocycles. The van der Waals surface area contributed by atoms with Crippen molar-refractivity contribution in [2.45, 2.75) is 4.90 Å². The van der Waals surface area contributed by atoms with Crippen molar-refractivity contribution in [1.82, 2.24) is 0 Å². The third-order valence-electron chi connectivity index (χ3n) is 1.35. The molecule has 0 radical (unpaired) electrons. The molecular formula is C7H8ClNOS. The first kappa shape index (κ1) is 8.56. The van der Waals surface area contributed by atoms with Crippen LogP contribution in [0.3, 0.4) is 0 Å². The highest BCUT2D eigenvalue weighted by atomic mass is 35.5. The SMILES string of the molecule is COc1ccc(Cl)c(N)c1S. The molecule has 4 heteroatoms. The molecule has 0 aromatic heterocycles. The second-order valence-corrected chi connectivity index (χ2v) is 2.87. The van der Waals surface area contributed by atoms with Crippen LogP contribution in [0.1, 0.15) is 0 Å². The van der Waals surface area contributed by atoms with E-state index < -0.39 is 0 Å². The fraction of sp³-hybridized carbons (Fsp3) is 0.143. The molecule has 11 heavy (non-hydrogen) atoms. The minimum absolute atomic E-state index is 0.453. The van der Waals surface area contributed by atoms with Gasteiger partial charge in [0.05, 0.1) is 22.7 Å². The van der Waals surface area contributed by atoms with Crippen LogP contribution in [0.5, 0.6) is 5.75 Å². The lowest BCUT2D eigenvalue weighted by molar-refractivity contribution is 0.405. The van der Waals surface area contributed by atoms with Crippen LogP contribution in [0, 0.1) is 0 Å². The average molecular weight is 190 g/mol. The minimum Gasteiger partial charge on any atom is -0.496 e. The number of methoxy groups -OCH3 is 1. The first-order valence-electron chi connectivity index (χ1n) is 2.97. The summed E-state index contributed by atoms with van der Waals surface area (Å²) in [7, 11) is 1.56. The first-order chi connectivity index (χ1) is 5.16. The summed E-state index contributed by atoms with van der Waals surface area (Å²) in [5.41, 5.74) is 6.02. The topological polar surface area (TPSA) is 35.2 Å². The van der Waals surface area contributed by atoms with Gasteiger partial charge in [0.1, 0.15) is 5.75 Å². The first-order valence-corrected chi connectivity index (χ1v) is 3.80. The Labute approximate surface area is 75.7 Å². The van der Waals surface area contributed by atoms with Gasteiger partial charge in [0.25, 0.3) is 0 Å². The number of halogens is 1. The summed E-state index contributed by atoms with van der Waals surface area (Å²) < 4.78 is 4.97. The highest BCUT2D eigenvalue weighted by Gasteiger charge is 2.05. The predicted octanol–water partition coefficient (Wildman–Crippen LogP) is 2.22. The molecule has 1 rings (SSSR count). The van der Waals surface area contributed by atoms with Gasteiger partial charge < -0.3 is 10.5 Å². The van der Waals surface area contributed by atoms with Gasteiger partial charge >= 0.3 is 0 Å². The maximum Gasteiger partial charge on any atom is 0.134 e. The smallest absolute Gasteiger partial charge is 0.134 e. The van der Waals surface area contributed by atoms with E-state index in [9.17, 15) is 0 Å². The zero-order valence-electron chi connectivity index (χ0n) is 5.97. The molecule has 0 spiro atoms. The lowest BCUT2D eigenvalue weighted by atomic mass is 10.3. The van der Waals surface area contributed by atoms with Gasteiger partial charge in [-0.15, -0.1) is 12.6 Å². The van der Waals surface area contributed by atoms with Crippen LogP contribution in [-0.2, 0) is 0 Å². The van der Waals surface area contributed by atoms with Crippen molar-refractivity contribution in [3.05, 3.63) is 17.2 Å². The summed E-state index contributed by atoms with van der Waals surface area (Å²) in [4.78, 5) is 0.583. The van der Waals surface area contributed by atoms with Crippen LogP contribution in [0.15, 0.2) is 17.0 Å². The Morgan fingerprint density at radius 1 is 1.55 bits per heavy atom. The standard InChI is InChI=1S/C7H8ClNOS/c1-10-5-3-2-4(8)6(9)7(5)11/h2-3,11H,9H2,1H3. The number of anilines is 1. The lowest BCUT2D eigenvalue weighted by Gasteiger charge is -2.06. The molecule has 0 heterocycles. The number of benzene rings is 1. The van der Waals surface area contributed by atoms with Crippen LogP contribution in [0.4, 0.5) is 5.69 Å². The minimum atomic E-state index is 0.453. The molecule has 2 nitrogen and oxygen atoms in total. The molecule has 0 aliphatic carbocycles. The Morgan fingerprint density at radius 2 is 2.18 bits per heavy atom. The maximum absolute atomic E-state index is 5.71. The average Bonchev–Trinajstić information content (AvgIpc) is 2.01. The summed E-state index contributed by atoms with van der Waals surface area (Å²) >= 11 is 9.84. The van der Waals surface area contributed by atoms with Gasteiger partial charge in [-0.05, 0) is 12.1 Å². The fourth-order valence-electron chi connectivity index (χ4n) is 0.728. The van der Waals surface area contributed by atoms with Gasteiger partial charge in [-0.3, -0.25) is 0 Å². The van der Waals surface area contributed by atoms with Crippen molar-refractivity contribution >= 4 is 29.9 Å². The van der Waals surface area contributed by atoms with E-state index in [4.69, 9.17) is 22.1 Å². The Kier molecular flexibility index (Phi) is 2.52. The summed E-state index contributed by atoms with van der Waals surface area (Å²) in [6, 6.07) is 3.40. The second kappa shape index (κ2) is 3.24. The van der Waals surface area contributed by atoms with E-state index in [0.29, 0.717) is 21.4 Å². The number of hydrogen-bond donors (Lipinski definition) is 2. The molecular weight excluding hydrogens is 182 g/mol. The van der Waals surface area contributed by atoms with Crippen molar-refractivity contribution in [3.8, 4) is 5.75 Å². The largest absolute Gasteiger partial charge is 0.496 e.